The zero-order valence-corrected chi connectivity index (χ0v) is 14.4. The van der Waals surface area contributed by atoms with Crippen molar-refractivity contribution in [1.29, 1.82) is 0 Å². The van der Waals surface area contributed by atoms with Crippen LogP contribution in [0.4, 0.5) is 0 Å². The third-order valence-corrected chi connectivity index (χ3v) is 5.99. The summed E-state index contributed by atoms with van der Waals surface area (Å²) in [5, 5.41) is 20.9. The fraction of sp³-hybridized carbons (Fsp3) is 0.909. The number of fused-ring (bicyclic) bond motifs is 1. The van der Waals surface area contributed by atoms with Gasteiger partial charge in [0, 0.05) is 28.2 Å². The third kappa shape index (κ3) is 3.55. The average Bonchev–Trinajstić information content (AvgIpc) is 2.85. The number of amidine groups is 1. The molecule has 0 aromatic heterocycles. The molecule has 2 heterocycles. The van der Waals surface area contributed by atoms with Gasteiger partial charge >= 0.3 is 10.3 Å². The minimum absolute atomic E-state index is 0.375. The van der Waals surface area contributed by atoms with Gasteiger partial charge in [0.05, 0.1) is 6.61 Å². The van der Waals surface area contributed by atoms with Crippen molar-refractivity contribution >= 4 is 27.2 Å². The highest BCUT2D eigenvalue weighted by atomic mass is 32.2. The zero-order valence-electron chi connectivity index (χ0n) is 12.8. The zero-order chi connectivity index (χ0) is 16.7. The fourth-order valence-corrected chi connectivity index (χ4v) is 3.71. The second kappa shape index (κ2) is 6.59. The van der Waals surface area contributed by atoms with Crippen molar-refractivity contribution in [3.05, 3.63) is 0 Å². The van der Waals surface area contributed by atoms with Gasteiger partial charge in [-0.2, -0.15) is 12.7 Å². The highest BCUT2D eigenvalue weighted by Crippen LogP contribution is 2.37. The van der Waals surface area contributed by atoms with E-state index in [1.54, 1.807) is 4.90 Å². The van der Waals surface area contributed by atoms with Gasteiger partial charge in [0.2, 0.25) is 0 Å². The van der Waals surface area contributed by atoms with E-state index >= 15 is 0 Å². The third-order valence-electron chi connectivity index (χ3n) is 3.36. The number of hydrogen-bond donors (Lipinski definition) is 2. The Kier molecular flexibility index (Phi) is 5.37. The van der Waals surface area contributed by atoms with E-state index in [2.05, 4.69) is 4.99 Å². The number of ether oxygens (including phenoxy) is 1. The van der Waals surface area contributed by atoms with Gasteiger partial charge in [-0.3, -0.25) is 9.18 Å². The highest BCUT2D eigenvalue weighted by molar-refractivity contribution is 8.14. The first-order valence-electron chi connectivity index (χ1n) is 6.63. The van der Waals surface area contributed by atoms with Crippen LogP contribution < -0.4 is 0 Å². The summed E-state index contributed by atoms with van der Waals surface area (Å²) < 4.78 is 34.6. The molecule has 1 fully saturated rings. The lowest BCUT2D eigenvalue weighted by molar-refractivity contribution is -0.161. The van der Waals surface area contributed by atoms with Crippen molar-refractivity contribution < 1.29 is 27.6 Å². The molecule has 2 aliphatic heterocycles. The normalized spacial score (nSPS) is 35.4. The molecule has 1 saturated heterocycles. The molecule has 2 N–H and O–H groups in total. The van der Waals surface area contributed by atoms with Gasteiger partial charge < -0.3 is 19.8 Å². The molecule has 0 unspecified atom stereocenters. The van der Waals surface area contributed by atoms with Crippen LogP contribution in [-0.4, -0.2) is 97.6 Å². The summed E-state index contributed by atoms with van der Waals surface area (Å²) >= 11 is 1.32. The minimum atomic E-state index is -3.87. The quantitative estimate of drug-likeness (QED) is 0.613. The van der Waals surface area contributed by atoms with Gasteiger partial charge in [-0.25, -0.2) is 0 Å². The van der Waals surface area contributed by atoms with Crippen molar-refractivity contribution in [3.8, 4) is 0 Å². The second-order valence-electron chi connectivity index (χ2n) is 5.46. The molecule has 22 heavy (non-hydrogen) atoms. The molecule has 0 aromatic carbocycles. The van der Waals surface area contributed by atoms with E-state index in [0.717, 1.165) is 4.31 Å². The van der Waals surface area contributed by atoms with Crippen molar-refractivity contribution in [2.24, 2.45) is 4.99 Å². The van der Waals surface area contributed by atoms with E-state index < -0.39 is 40.1 Å². The molecule has 11 heteroatoms. The SMILES string of the molecule is CN(C)C1=N[C@@H]2[C@@H](O)[C@H](O)[C@@H](COS(=O)(=O)N(C)C)O[C@@H]2S1. The summed E-state index contributed by atoms with van der Waals surface area (Å²) in [4.78, 5) is 6.10. The van der Waals surface area contributed by atoms with E-state index in [0.29, 0.717) is 5.17 Å². The lowest BCUT2D eigenvalue weighted by atomic mass is 9.99. The van der Waals surface area contributed by atoms with E-state index in [9.17, 15) is 18.6 Å². The molecule has 9 nitrogen and oxygen atoms in total. The monoisotopic (exact) mass is 355 g/mol. The first-order chi connectivity index (χ1) is 10.1. The molecule has 0 aliphatic carbocycles. The smallest absolute Gasteiger partial charge is 0.337 e. The minimum Gasteiger partial charge on any atom is -0.388 e. The van der Waals surface area contributed by atoms with Crippen LogP contribution in [0.5, 0.6) is 0 Å². The van der Waals surface area contributed by atoms with Crippen molar-refractivity contribution in [1.82, 2.24) is 9.21 Å². The first-order valence-corrected chi connectivity index (χ1v) is 8.88. The predicted molar refractivity (Wildman–Crippen MR) is 81.7 cm³/mol. The summed E-state index contributed by atoms with van der Waals surface area (Å²) in [7, 11) is 2.43. The summed E-state index contributed by atoms with van der Waals surface area (Å²) in [6.45, 7) is -0.375. The van der Waals surface area contributed by atoms with Crippen LogP contribution in [0.15, 0.2) is 4.99 Å². The Hall–Kier alpha value is -0.430. The Morgan fingerprint density at radius 3 is 2.45 bits per heavy atom. The van der Waals surface area contributed by atoms with Crippen LogP contribution in [-0.2, 0) is 19.2 Å². The fourth-order valence-electron chi connectivity index (χ4n) is 2.03. The number of aliphatic hydroxyl groups is 2. The van der Waals surface area contributed by atoms with Crippen molar-refractivity contribution in [2.45, 2.75) is 29.8 Å². The number of aliphatic imine (C=N–C) groups is 1. The molecule has 0 spiro atoms. The maximum Gasteiger partial charge on any atom is 0.337 e. The maximum atomic E-state index is 11.6. The van der Waals surface area contributed by atoms with Crippen LogP contribution in [0.3, 0.4) is 0 Å². The van der Waals surface area contributed by atoms with Crippen LogP contribution in [0.2, 0.25) is 0 Å². The molecule has 2 aliphatic rings. The Bertz CT molecular complexity index is 538. The molecule has 2 rings (SSSR count). The molecule has 0 aromatic rings. The van der Waals surface area contributed by atoms with Gasteiger partial charge in [-0.05, 0) is 0 Å². The Labute approximate surface area is 134 Å². The summed E-state index contributed by atoms with van der Waals surface area (Å²) in [6.07, 6.45) is -3.36. The molecule has 5 atom stereocenters. The molecule has 128 valence electrons. The molecule has 0 radical (unpaired) electrons. The van der Waals surface area contributed by atoms with Crippen LogP contribution in [0.1, 0.15) is 0 Å². The van der Waals surface area contributed by atoms with Crippen molar-refractivity contribution in [2.75, 3.05) is 34.8 Å². The molecule has 0 saturated carbocycles. The van der Waals surface area contributed by atoms with Gasteiger partial charge in [0.15, 0.2) is 5.17 Å². The van der Waals surface area contributed by atoms with Crippen molar-refractivity contribution in [3.63, 3.8) is 0 Å². The lowest BCUT2D eigenvalue weighted by Crippen LogP contribution is -2.56. The van der Waals surface area contributed by atoms with Gasteiger partial charge in [-0.1, -0.05) is 11.8 Å². The lowest BCUT2D eigenvalue weighted by Gasteiger charge is -2.37. The standard InChI is InChI=1S/C11H21N3O6S2/c1-13(2)11-12-7-9(16)8(15)6(20-10(7)21-11)5-19-22(17,18)14(3)4/h6-10,15-16H,5H2,1-4H3/t6-,7-,8-,9-,10-/m1/s1. The van der Waals surface area contributed by atoms with E-state index in [1.165, 1.54) is 25.9 Å². The first kappa shape index (κ1) is 17.9. The number of nitrogens with zero attached hydrogens (tertiary/aromatic N) is 3. The molecular formula is C11H21N3O6S2. The topological polar surface area (TPSA) is 112 Å². The Balaban J connectivity index is 2.03. The summed E-state index contributed by atoms with van der Waals surface area (Å²) in [5.74, 6) is 0. The van der Waals surface area contributed by atoms with E-state index in [1.807, 2.05) is 14.1 Å². The van der Waals surface area contributed by atoms with Gasteiger partial charge in [0.1, 0.15) is 29.8 Å². The number of aliphatic hydroxyl groups excluding tert-OH is 2. The number of hydrogen-bond acceptors (Lipinski definition) is 9. The number of rotatable bonds is 4. The molecular weight excluding hydrogens is 334 g/mol. The van der Waals surface area contributed by atoms with Crippen LogP contribution in [0, 0.1) is 0 Å². The van der Waals surface area contributed by atoms with Gasteiger partial charge in [0.25, 0.3) is 0 Å². The Morgan fingerprint density at radius 2 is 1.91 bits per heavy atom. The van der Waals surface area contributed by atoms with Crippen LogP contribution >= 0.6 is 11.8 Å². The Morgan fingerprint density at radius 1 is 1.27 bits per heavy atom. The van der Waals surface area contributed by atoms with Gasteiger partial charge in [-0.15, -0.1) is 0 Å². The maximum absolute atomic E-state index is 11.6. The molecule has 0 amide bonds. The van der Waals surface area contributed by atoms with E-state index in [4.69, 9.17) is 8.92 Å². The number of thioether (sulfide) groups is 1. The van der Waals surface area contributed by atoms with Crippen LogP contribution in [0.25, 0.3) is 0 Å². The second-order valence-corrected chi connectivity index (χ2v) is 8.35. The van der Waals surface area contributed by atoms with E-state index in [-0.39, 0.29) is 6.61 Å². The molecule has 0 bridgehead atoms. The summed E-state index contributed by atoms with van der Waals surface area (Å²) in [5.41, 5.74) is -0.480. The average molecular weight is 355 g/mol. The largest absolute Gasteiger partial charge is 0.388 e. The highest BCUT2D eigenvalue weighted by Gasteiger charge is 2.48. The predicted octanol–water partition coefficient (Wildman–Crippen LogP) is -1.71. The summed E-state index contributed by atoms with van der Waals surface area (Å²) in [6, 6.07) is -0.584.